The highest BCUT2D eigenvalue weighted by atomic mass is 16.2. The Morgan fingerprint density at radius 2 is 2.31 bits per heavy atom. The maximum absolute atomic E-state index is 11.7. The highest BCUT2D eigenvalue weighted by molar-refractivity contribution is 5.76. The van der Waals surface area contributed by atoms with Crippen LogP contribution >= 0.6 is 0 Å². The normalized spacial score (nSPS) is 12.4. The third-order valence-corrected chi connectivity index (χ3v) is 2.62. The molecule has 1 aromatic heterocycles. The molecule has 0 spiro atoms. The largest absolute Gasteiger partial charge is 0.352 e. The lowest BCUT2D eigenvalue weighted by atomic mass is 10.2. The number of rotatable bonds is 6. The van der Waals surface area contributed by atoms with Gasteiger partial charge in [-0.05, 0) is 32.5 Å². The lowest BCUT2D eigenvalue weighted by molar-refractivity contribution is -0.122. The summed E-state index contributed by atoms with van der Waals surface area (Å²) >= 11 is 0. The highest BCUT2D eigenvalue weighted by Gasteiger charge is 2.07. The molecule has 0 aliphatic heterocycles. The summed E-state index contributed by atoms with van der Waals surface area (Å²) in [6, 6.07) is 4.23. The summed E-state index contributed by atoms with van der Waals surface area (Å²) in [5.41, 5.74) is 1.13. The van der Waals surface area contributed by atoms with Crippen molar-refractivity contribution in [2.24, 2.45) is 0 Å². The summed E-state index contributed by atoms with van der Waals surface area (Å²) in [5.74, 6) is 0.0721. The summed E-state index contributed by atoms with van der Waals surface area (Å²) in [7, 11) is 1.90. The van der Waals surface area contributed by atoms with E-state index in [9.17, 15) is 4.79 Å². The fraction of sp³-hybridized carbons (Fsp3) is 0.583. The van der Waals surface area contributed by atoms with Gasteiger partial charge < -0.3 is 15.2 Å². The van der Waals surface area contributed by atoms with Gasteiger partial charge in [-0.1, -0.05) is 6.92 Å². The van der Waals surface area contributed by atoms with Gasteiger partial charge in [-0.15, -0.1) is 0 Å². The van der Waals surface area contributed by atoms with Gasteiger partial charge in [0.1, 0.15) is 6.54 Å². The molecule has 4 nitrogen and oxygen atoms in total. The molecule has 0 saturated carbocycles. The van der Waals surface area contributed by atoms with Crippen molar-refractivity contribution in [1.82, 2.24) is 15.2 Å². The zero-order chi connectivity index (χ0) is 12.0. The number of hydrogen-bond acceptors (Lipinski definition) is 2. The van der Waals surface area contributed by atoms with Crippen molar-refractivity contribution in [2.45, 2.75) is 39.4 Å². The van der Waals surface area contributed by atoms with Crippen LogP contribution in [-0.4, -0.2) is 23.6 Å². The first kappa shape index (κ1) is 12.8. The van der Waals surface area contributed by atoms with Crippen LogP contribution in [0, 0.1) is 0 Å². The summed E-state index contributed by atoms with van der Waals surface area (Å²) in [6.07, 6.45) is 2.89. The van der Waals surface area contributed by atoms with Crippen molar-refractivity contribution < 1.29 is 4.79 Å². The van der Waals surface area contributed by atoms with Crippen LogP contribution in [0.2, 0.25) is 0 Å². The maximum atomic E-state index is 11.7. The topological polar surface area (TPSA) is 46.1 Å². The maximum Gasteiger partial charge on any atom is 0.240 e. The quantitative estimate of drug-likeness (QED) is 0.759. The lowest BCUT2D eigenvalue weighted by Gasteiger charge is -2.13. The van der Waals surface area contributed by atoms with Gasteiger partial charge in [-0.2, -0.15) is 0 Å². The second-order valence-electron chi connectivity index (χ2n) is 4.03. The smallest absolute Gasteiger partial charge is 0.240 e. The van der Waals surface area contributed by atoms with Crippen LogP contribution < -0.4 is 10.6 Å². The van der Waals surface area contributed by atoms with Crippen LogP contribution in [0.25, 0.3) is 0 Å². The molecule has 0 radical (unpaired) electrons. The molecule has 0 aliphatic carbocycles. The van der Waals surface area contributed by atoms with Gasteiger partial charge in [0.15, 0.2) is 0 Å². The van der Waals surface area contributed by atoms with E-state index in [0.717, 1.165) is 18.7 Å². The van der Waals surface area contributed by atoms with Crippen molar-refractivity contribution in [3.05, 3.63) is 24.0 Å². The van der Waals surface area contributed by atoms with Crippen molar-refractivity contribution in [3.63, 3.8) is 0 Å². The van der Waals surface area contributed by atoms with Crippen LogP contribution in [0.15, 0.2) is 18.3 Å². The Bertz CT molecular complexity index is 333. The second kappa shape index (κ2) is 6.33. The van der Waals surface area contributed by atoms with Crippen LogP contribution in [0.4, 0.5) is 0 Å². The molecule has 0 saturated heterocycles. The predicted molar refractivity (Wildman–Crippen MR) is 65.1 cm³/mol. The van der Waals surface area contributed by atoms with E-state index in [1.807, 2.05) is 36.9 Å². The number of carbonyl (C=O) groups excluding carboxylic acids is 1. The van der Waals surface area contributed by atoms with Gasteiger partial charge in [0.2, 0.25) is 5.91 Å². The van der Waals surface area contributed by atoms with Crippen LogP contribution in [0.1, 0.15) is 26.0 Å². The molecular formula is C12H21N3O. The van der Waals surface area contributed by atoms with E-state index < -0.39 is 0 Å². The minimum absolute atomic E-state index is 0.0721. The van der Waals surface area contributed by atoms with E-state index in [1.165, 1.54) is 0 Å². The van der Waals surface area contributed by atoms with Crippen molar-refractivity contribution in [2.75, 3.05) is 7.05 Å². The Hall–Kier alpha value is -1.29. The monoisotopic (exact) mass is 223 g/mol. The Morgan fingerprint density at radius 3 is 2.94 bits per heavy atom. The Balaban J connectivity index is 2.52. The van der Waals surface area contributed by atoms with Gasteiger partial charge in [0.25, 0.3) is 0 Å². The van der Waals surface area contributed by atoms with Gasteiger partial charge in [-0.25, -0.2) is 0 Å². The third-order valence-electron chi connectivity index (χ3n) is 2.62. The third kappa shape index (κ3) is 3.70. The van der Waals surface area contributed by atoms with Crippen LogP contribution in [0.5, 0.6) is 0 Å². The number of amides is 1. The lowest BCUT2D eigenvalue weighted by Crippen LogP contribution is -2.34. The van der Waals surface area contributed by atoms with E-state index in [-0.39, 0.29) is 11.9 Å². The van der Waals surface area contributed by atoms with Gasteiger partial charge >= 0.3 is 0 Å². The van der Waals surface area contributed by atoms with Gasteiger partial charge in [0, 0.05) is 24.5 Å². The molecule has 1 amide bonds. The van der Waals surface area contributed by atoms with Crippen molar-refractivity contribution in [3.8, 4) is 0 Å². The van der Waals surface area contributed by atoms with E-state index in [1.54, 1.807) is 0 Å². The molecular weight excluding hydrogens is 202 g/mol. The fourth-order valence-corrected chi connectivity index (χ4v) is 1.52. The van der Waals surface area contributed by atoms with E-state index in [0.29, 0.717) is 6.54 Å². The van der Waals surface area contributed by atoms with Gasteiger partial charge in [-0.3, -0.25) is 4.79 Å². The molecule has 1 rings (SSSR count). The standard InChI is InChI=1S/C12H21N3O/c1-4-10(2)14-12(16)9-15-7-5-6-11(15)8-13-3/h5-7,10,13H,4,8-9H2,1-3H3,(H,14,16). The molecule has 0 aromatic carbocycles. The predicted octanol–water partition coefficient (Wildman–Crippen LogP) is 1.12. The van der Waals surface area contributed by atoms with Gasteiger partial charge in [0.05, 0.1) is 0 Å². The SMILES string of the molecule is CCC(C)NC(=O)Cn1cccc1CNC. The van der Waals surface area contributed by atoms with Crippen molar-refractivity contribution >= 4 is 5.91 Å². The molecule has 1 atom stereocenters. The molecule has 0 fully saturated rings. The average molecular weight is 223 g/mol. The number of carbonyl (C=O) groups is 1. The molecule has 2 N–H and O–H groups in total. The van der Waals surface area contributed by atoms with E-state index in [2.05, 4.69) is 17.6 Å². The second-order valence-corrected chi connectivity index (χ2v) is 4.03. The molecule has 1 heterocycles. The number of nitrogens with one attached hydrogen (secondary N) is 2. The van der Waals surface area contributed by atoms with E-state index >= 15 is 0 Å². The minimum Gasteiger partial charge on any atom is -0.352 e. The average Bonchev–Trinajstić information content (AvgIpc) is 2.66. The van der Waals surface area contributed by atoms with Crippen LogP contribution in [-0.2, 0) is 17.9 Å². The molecule has 0 bridgehead atoms. The molecule has 1 unspecified atom stereocenters. The molecule has 1 aromatic rings. The molecule has 0 aliphatic rings. The summed E-state index contributed by atoms with van der Waals surface area (Å²) < 4.78 is 1.97. The Morgan fingerprint density at radius 1 is 1.56 bits per heavy atom. The summed E-state index contributed by atoms with van der Waals surface area (Å²) in [4.78, 5) is 11.7. The molecule has 90 valence electrons. The Kier molecular flexibility index (Phi) is 5.05. The number of nitrogens with zero attached hydrogens (tertiary/aromatic N) is 1. The first-order valence-electron chi connectivity index (χ1n) is 5.75. The van der Waals surface area contributed by atoms with Crippen LogP contribution in [0.3, 0.4) is 0 Å². The number of hydrogen-bond donors (Lipinski definition) is 2. The van der Waals surface area contributed by atoms with Crippen molar-refractivity contribution in [1.29, 1.82) is 0 Å². The van der Waals surface area contributed by atoms with E-state index in [4.69, 9.17) is 0 Å². The summed E-state index contributed by atoms with van der Waals surface area (Å²) in [5, 5.41) is 6.04. The zero-order valence-corrected chi connectivity index (χ0v) is 10.3. The highest BCUT2D eigenvalue weighted by Crippen LogP contribution is 2.01. The first-order valence-corrected chi connectivity index (χ1v) is 5.75. The minimum atomic E-state index is 0.0721. The summed E-state index contributed by atoms with van der Waals surface area (Å²) in [6.45, 7) is 5.26. The molecule has 16 heavy (non-hydrogen) atoms. The molecule has 4 heteroatoms. The number of aromatic nitrogens is 1. The zero-order valence-electron chi connectivity index (χ0n) is 10.3. The Labute approximate surface area is 97.0 Å². The fourth-order valence-electron chi connectivity index (χ4n) is 1.52. The first-order chi connectivity index (χ1) is 7.67.